The highest BCUT2D eigenvalue weighted by Gasteiger charge is 2.76. The van der Waals surface area contributed by atoms with Crippen LogP contribution in [0.15, 0.2) is 0 Å². The van der Waals surface area contributed by atoms with Gasteiger partial charge in [-0.2, -0.15) is 0 Å². The van der Waals surface area contributed by atoms with Crippen LogP contribution < -0.4 is 5.32 Å². The molecule has 4 rings (SSSR count). The Morgan fingerprint density at radius 1 is 1.20 bits per heavy atom. The maximum Gasteiger partial charge on any atom is 0.312 e. The lowest BCUT2D eigenvalue weighted by atomic mass is 9.70. The van der Waals surface area contributed by atoms with Gasteiger partial charge >= 0.3 is 5.97 Å². The average Bonchev–Trinajstić information content (AvgIpc) is 3.43. The molecule has 2 N–H and O–H groups in total. The summed E-state index contributed by atoms with van der Waals surface area (Å²) in [6.07, 6.45) is 3.14. The predicted molar refractivity (Wildman–Crippen MR) is 130 cm³/mol. The van der Waals surface area contributed by atoms with Crippen molar-refractivity contribution in [1.29, 1.82) is 0 Å². The van der Waals surface area contributed by atoms with Gasteiger partial charge in [-0.05, 0) is 26.2 Å². The number of ether oxygens (including phenoxy) is 3. The molecule has 0 aromatic carbocycles. The molecular formula is C24H38BrN3O7. The van der Waals surface area contributed by atoms with Gasteiger partial charge < -0.3 is 29.5 Å². The minimum atomic E-state index is -1.04. The van der Waals surface area contributed by atoms with Crippen LogP contribution in [-0.4, -0.2) is 114 Å². The van der Waals surface area contributed by atoms with E-state index in [0.717, 1.165) is 32.4 Å². The molecule has 4 aliphatic rings. The highest BCUT2D eigenvalue weighted by molar-refractivity contribution is 9.09. The summed E-state index contributed by atoms with van der Waals surface area (Å²) in [6.45, 7) is 6.76. The standard InChI is InChI=1S/C24H38BrN3O7/c1-2-34-23(32)17-18-22(31)28(8-5-3-4-6-12-29)20(24(18)15-16(25)19(17)35-24)21(30)26-7-9-27-10-13-33-14-11-27/h16-20,29H,2-15H2,1H3,(H,26,30)/t16?,17-,18+,19-,20-,24+/m0/s1. The van der Waals surface area contributed by atoms with Crippen LogP contribution in [0.1, 0.15) is 39.0 Å². The SMILES string of the molecule is CCOC(=O)[C@@H]1[C@H]2O[C@@]3(CC2Br)[C@H](C(=O)NCCN2CCOCC2)N(CCCCCCO)C(=O)[C@@H]13. The minimum Gasteiger partial charge on any atom is -0.466 e. The molecule has 0 radical (unpaired) electrons. The molecule has 0 aromatic heterocycles. The zero-order valence-electron chi connectivity index (χ0n) is 20.5. The first-order chi connectivity index (χ1) is 16.9. The van der Waals surface area contributed by atoms with Gasteiger partial charge in [-0.1, -0.05) is 28.8 Å². The van der Waals surface area contributed by atoms with Gasteiger partial charge in [0.05, 0.1) is 37.8 Å². The molecule has 1 unspecified atom stereocenters. The van der Waals surface area contributed by atoms with Crippen LogP contribution in [0.25, 0.3) is 0 Å². The second kappa shape index (κ2) is 11.9. The summed E-state index contributed by atoms with van der Waals surface area (Å²) >= 11 is 3.65. The number of nitrogens with zero attached hydrogens (tertiary/aromatic N) is 2. The fourth-order valence-electron chi connectivity index (χ4n) is 6.18. The Kier molecular flexibility index (Phi) is 9.07. The van der Waals surface area contributed by atoms with E-state index in [1.165, 1.54) is 0 Å². The van der Waals surface area contributed by atoms with Crippen LogP contribution in [-0.2, 0) is 28.6 Å². The lowest BCUT2D eigenvalue weighted by molar-refractivity contribution is -0.154. The number of carbonyl (C=O) groups is 3. The van der Waals surface area contributed by atoms with Crippen molar-refractivity contribution in [2.75, 3.05) is 59.2 Å². The number of morpholine rings is 1. The minimum absolute atomic E-state index is 0.130. The second-order valence-electron chi connectivity index (χ2n) is 9.83. The van der Waals surface area contributed by atoms with Crippen LogP contribution in [0.3, 0.4) is 0 Å². The van der Waals surface area contributed by atoms with Gasteiger partial charge in [0.2, 0.25) is 11.8 Å². The highest BCUT2D eigenvalue weighted by Crippen LogP contribution is 2.60. The van der Waals surface area contributed by atoms with Gasteiger partial charge in [0, 0.05) is 44.2 Å². The number of esters is 1. The molecule has 4 aliphatic heterocycles. The quantitative estimate of drug-likeness (QED) is 0.199. The number of halogens is 1. The Hall–Kier alpha value is -1.27. The topological polar surface area (TPSA) is 118 Å². The molecule has 4 fully saturated rings. The zero-order valence-corrected chi connectivity index (χ0v) is 22.0. The normalized spacial score (nSPS) is 34.3. The van der Waals surface area contributed by atoms with Crippen molar-refractivity contribution in [3.63, 3.8) is 0 Å². The molecule has 6 atom stereocenters. The maximum absolute atomic E-state index is 13.7. The van der Waals surface area contributed by atoms with Gasteiger partial charge in [-0.15, -0.1) is 0 Å². The van der Waals surface area contributed by atoms with E-state index in [1.807, 2.05) is 0 Å². The van der Waals surface area contributed by atoms with Crippen LogP contribution in [0.2, 0.25) is 0 Å². The third kappa shape index (κ3) is 5.25. The van der Waals surface area contributed by atoms with Crippen molar-refractivity contribution in [2.45, 2.75) is 61.6 Å². The van der Waals surface area contributed by atoms with Crippen molar-refractivity contribution in [2.24, 2.45) is 11.8 Å². The number of alkyl halides is 1. The summed E-state index contributed by atoms with van der Waals surface area (Å²) in [5.41, 5.74) is -1.04. The van der Waals surface area contributed by atoms with E-state index in [2.05, 4.69) is 26.1 Å². The lowest BCUT2D eigenvalue weighted by Gasteiger charge is -2.34. The molecule has 4 saturated heterocycles. The average molecular weight is 560 g/mol. The van der Waals surface area contributed by atoms with Crippen LogP contribution in [0, 0.1) is 11.8 Å². The number of unbranched alkanes of at least 4 members (excludes halogenated alkanes) is 3. The van der Waals surface area contributed by atoms with Gasteiger partial charge in [0.25, 0.3) is 0 Å². The first-order valence-electron chi connectivity index (χ1n) is 12.9. The van der Waals surface area contributed by atoms with Crippen molar-refractivity contribution < 1.29 is 33.7 Å². The number of rotatable bonds is 12. The van der Waals surface area contributed by atoms with Gasteiger partial charge in [0.1, 0.15) is 11.6 Å². The number of carbonyl (C=O) groups excluding carboxylic acids is 3. The molecule has 0 saturated carbocycles. The number of nitrogens with one attached hydrogen (secondary N) is 1. The molecule has 4 heterocycles. The Bertz CT molecular complexity index is 780. The van der Waals surface area contributed by atoms with Crippen LogP contribution in [0.4, 0.5) is 0 Å². The number of aliphatic hydroxyl groups excluding tert-OH is 1. The largest absolute Gasteiger partial charge is 0.466 e. The van der Waals surface area contributed by atoms with Gasteiger partial charge in [-0.3, -0.25) is 19.3 Å². The van der Waals surface area contributed by atoms with E-state index in [-0.39, 0.29) is 29.9 Å². The molecule has 35 heavy (non-hydrogen) atoms. The van der Waals surface area contributed by atoms with Crippen LogP contribution >= 0.6 is 15.9 Å². The molecule has 0 aromatic rings. The summed E-state index contributed by atoms with van der Waals surface area (Å²) in [4.78, 5) is 44.0. The number of hydrogen-bond donors (Lipinski definition) is 2. The molecule has 11 heteroatoms. The summed E-state index contributed by atoms with van der Waals surface area (Å²) in [6, 6.07) is -0.785. The first kappa shape index (κ1) is 26.8. The fourth-order valence-corrected chi connectivity index (χ4v) is 7.13. The third-order valence-electron chi connectivity index (χ3n) is 7.73. The third-order valence-corrected chi connectivity index (χ3v) is 8.58. The maximum atomic E-state index is 13.7. The van der Waals surface area contributed by atoms with Gasteiger partial charge in [0.15, 0.2) is 0 Å². The zero-order chi connectivity index (χ0) is 25.0. The molecular weight excluding hydrogens is 522 g/mol. The monoisotopic (exact) mass is 559 g/mol. The summed E-state index contributed by atoms with van der Waals surface area (Å²) in [7, 11) is 0. The summed E-state index contributed by atoms with van der Waals surface area (Å²) in [5, 5.41) is 12.1. The summed E-state index contributed by atoms with van der Waals surface area (Å²) < 4.78 is 17.1. The van der Waals surface area contributed by atoms with E-state index in [1.54, 1.807) is 11.8 Å². The van der Waals surface area contributed by atoms with Crippen molar-refractivity contribution in [1.82, 2.24) is 15.1 Å². The van der Waals surface area contributed by atoms with Crippen molar-refractivity contribution in [3.05, 3.63) is 0 Å². The van der Waals surface area contributed by atoms with E-state index in [0.29, 0.717) is 45.7 Å². The van der Waals surface area contributed by atoms with E-state index in [9.17, 15) is 14.4 Å². The second-order valence-corrected chi connectivity index (χ2v) is 11.0. The fraction of sp³-hybridized carbons (Fsp3) is 0.875. The molecule has 1 spiro atoms. The molecule has 2 bridgehead atoms. The Morgan fingerprint density at radius 3 is 2.66 bits per heavy atom. The number of likely N-dealkylation sites (tertiary alicyclic amines) is 1. The molecule has 198 valence electrons. The van der Waals surface area contributed by atoms with Gasteiger partial charge in [-0.25, -0.2) is 0 Å². The molecule has 2 amide bonds. The molecule has 0 aliphatic carbocycles. The number of amides is 2. The van der Waals surface area contributed by atoms with E-state index >= 15 is 0 Å². The first-order valence-corrected chi connectivity index (χ1v) is 13.8. The Balaban J connectivity index is 1.51. The molecule has 10 nitrogen and oxygen atoms in total. The Labute approximate surface area is 215 Å². The van der Waals surface area contributed by atoms with Crippen molar-refractivity contribution in [3.8, 4) is 0 Å². The lowest BCUT2D eigenvalue weighted by Crippen LogP contribution is -2.56. The Morgan fingerprint density at radius 2 is 1.94 bits per heavy atom. The smallest absolute Gasteiger partial charge is 0.312 e. The van der Waals surface area contributed by atoms with Crippen LogP contribution in [0.5, 0.6) is 0 Å². The number of hydrogen-bond acceptors (Lipinski definition) is 8. The highest BCUT2D eigenvalue weighted by atomic mass is 79.9. The predicted octanol–water partition coefficient (Wildman–Crippen LogP) is 0.299. The summed E-state index contributed by atoms with van der Waals surface area (Å²) in [5.74, 6) is -2.29. The van der Waals surface area contributed by atoms with Crippen molar-refractivity contribution >= 4 is 33.7 Å². The number of fused-ring (bicyclic) bond motifs is 1. The van der Waals surface area contributed by atoms with E-state index in [4.69, 9.17) is 19.3 Å². The van der Waals surface area contributed by atoms with E-state index < -0.39 is 35.6 Å². The number of aliphatic hydroxyl groups is 1.